The van der Waals surface area contributed by atoms with Crippen LogP contribution in [0, 0.1) is 6.92 Å². The molecule has 1 aliphatic rings. The number of hydrogen-bond acceptors (Lipinski definition) is 7. The van der Waals surface area contributed by atoms with E-state index in [-0.39, 0.29) is 18.4 Å². The standard InChI is InChI=1S/C23H24N4O4S/c1-14-23(29)27(13-20(28)25-10-11-30-3)18-12-16(7-8-19(18)31-14)21-15(2)32-22(26-21)17-6-4-5-9-24-17/h4-9,12,14H,10-11,13H2,1-3H3,(H,25,28). The van der Waals surface area contributed by atoms with Gasteiger partial charge in [-0.25, -0.2) is 4.98 Å². The number of nitrogens with zero attached hydrogens (tertiary/aromatic N) is 3. The van der Waals surface area contributed by atoms with E-state index in [0.29, 0.717) is 24.6 Å². The number of thiazole rings is 1. The minimum atomic E-state index is -0.670. The summed E-state index contributed by atoms with van der Waals surface area (Å²) in [5.74, 6) is 0.0345. The maximum Gasteiger partial charge on any atom is 0.268 e. The summed E-state index contributed by atoms with van der Waals surface area (Å²) in [6.45, 7) is 4.37. The van der Waals surface area contributed by atoms with Crippen LogP contribution in [0.15, 0.2) is 42.6 Å². The fraction of sp³-hybridized carbons (Fsp3) is 0.304. The van der Waals surface area contributed by atoms with E-state index in [9.17, 15) is 9.59 Å². The SMILES string of the molecule is COCCNC(=O)CN1C(=O)C(C)Oc2ccc(-c3nc(-c4ccccn4)sc3C)cc21. The number of fused-ring (bicyclic) bond motifs is 1. The lowest BCUT2D eigenvalue weighted by atomic mass is 10.1. The number of carbonyl (C=O) groups excluding carboxylic acids is 2. The number of nitrogens with one attached hydrogen (secondary N) is 1. The Bertz CT molecular complexity index is 1130. The topological polar surface area (TPSA) is 93.7 Å². The van der Waals surface area contributed by atoms with Crippen molar-refractivity contribution in [1.29, 1.82) is 0 Å². The zero-order valence-corrected chi connectivity index (χ0v) is 18.9. The van der Waals surface area contributed by atoms with Gasteiger partial charge < -0.3 is 14.8 Å². The molecule has 9 heteroatoms. The van der Waals surface area contributed by atoms with E-state index >= 15 is 0 Å². The van der Waals surface area contributed by atoms with Crippen molar-refractivity contribution in [2.45, 2.75) is 20.0 Å². The summed E-state index contributed by atoms with van der Waals surface area (Å²) < 4.78 is 10.7. The summed E-state index contributed by atoms with van der Waals surface area (Å²) in [5.41, 5.74) is 3.02. The fourth-order valence-corrected chi connectivity index (χ4v) is 4.38. The number of methoxy groups -OCH3 is 1. The molecule has 8 nitrogen and oxygen atoms in total. The molecule has 0 saturated carbocycles. The molecule has 1 aliphatic heterocycles. The van der Waals surface area contributed by atoms with Crippen molar-refractivity contribution in [3.8, 4) is 27.7 Å². The van der Waals surface area contributed by atoms with Crippen molar-refractivity contribution >= 4 is 28.8 Å². The van der Waals surface area contributed by atoms with Crippen molar-refractivity contribution in [3.05, 3.63) is 47.5 Å². The molecule has 3 heterocycles. The van der Waals surface area contributed by atoms with E-state index in [1.807, 2.05) is 43.3 Å². The molecule has 1 N–H and O–H groups in total. The fourth-order valence-electron chi connectivity index (χ4n) is 3.47. The first-order valence-corrected chi connectivity index (χ1v) is 11.1. The van der Waals surface area contributed by atoms with Crippen LogP contribution < -0.4 is 15.0 Å². The summed E-state index contributed by atoms with van der Waals surface area (Å²) >= 11 is 1.56. The first-order valence-electron chi connectivity index (χ1n) is 10.2. The minimum absolute atomic E-state index is 0.0953. The van der Waals surface area contributed by atoms with Crippen LogP contribution in [0.5, 0.6) is 5.75 Å². The molecule has 0 bridgehead atoms. The summed E-state index contributed by atoms with van der Waals surface area (Å²) in [7, 11) is 1.57. The molecule has 1 unspecified atom stereocenters. The van der Waals surface area contributed by atoms with E-state index in [1.165, 1.54) is 4.90 Å². The Morgan fingerprint density at radius 1 is 1.31 bits per heavy atom. The third-order valence-electron chi connectivity index (χ3n) is 5.05. The van der Waals surface area contributed by atoms with Gasteiger partial charge in [-0.1, -0.05) is 6.07 Å². The summed E-state index contributed by atoms with van der Waals surface area (Å²) in [6.07, 6.45) is 1.07. The zero-order valence-electron chi connectivity index (χ0n) is 18.1. The van der Waals surface area contributed by atoms with Gasteiger partial charge in [-0.15, -0.1) is 11.3 Å². The summed E-state index contributed by atoms with van der Waals surface area (Å²) in [5, 5.41) is 3.58. The number of anilines is 1. The average molecular weight is 453 g/mol. The molecule has 166 valence electrons. The number of amides is 2. The van der Waals surface area contributed by atoms with Crippen molar-refractivity contribution in [1.82, 2.24) is 15.3 Å². The maximum absolute atomic E-state index is 12.8. The quantitative estimate of drug-likeness (QED) is 0.554. The highest BCUT2D eigenvalue weighted by Crippen LogP contribution is 2.39. The summed E-state index contributed by atoms with van der Waals surface area (Å²) in [6, 6.07) is 11.3. The van der Waals surface area contributed by atoms with Crippen LogP contribution in [-0.4, -0.2) is 54.7 Å². The highest BCUT2D eigenvalue weighted by molar-refractivity contribution is 7.15. The molecule has 0 spiro atoms. The molecule has 0 fully saturated rings. The number of rotatable bonds is 7. The van der Waals surface area contributed by atoms with Crippen molar-refractivity contribution in [2.75, 3.05) is 31.7 Å². The third-order valence-corrected chi connectivity index (χ3v) is 6.04. The van der Waals surface area contributed by atoms with Crippen LogP contribution in [0.2, 0.25) is 0 Å². The molecule has 2 aromatic heterocycles. The normalized spacial score (nSPS) is 15.3. The molecule has 4 rings (SSSR count). The molecule has 2 amide bonds. The lowest BCUT2D eigenvalue weighted by molar-refractivity contribution is -0.128. The van der Waals surface area contributed by atoms with Gasteiger partial charge in [0.2, 0.25) is 5.91 Å². The van der Waals surface area contributed by atoms with Gasteiger partial charge in [0, 0.05) is 30.3 Å². The monoisotopic (exact) mass is 452 g/mol. The number of carbonyl (C=O) groups is 2. The Labute approximate surface area is 190 Å². The van der Waals surface area contributed by atoms with E-state index in [1.54, 1.807) is 31.6 Å². The molecule has 0 aliphatic carbocycles. The van der Waals surface area contributed by atoms with Crippen molar-refractivity contribution in [3.63, 3.8) is 0 Å². The van der Waals surface area contributed by atoms with E-state index in [0.717, 1.165) is 26.8 Å². The van der Waals surface area contributed by atoms with Crippen LogP contribution in [0.3, 0.4) is 0 Å². The van der Waals surface area contributed by atoms with Gasteiger partial charge in [0.25, 0.3) is 5.91 Å². The number of pyridine rings is 1. The Hall–Kier alpha value is -3.30. The second-order valence-electron chi connectivity index (χ2n) is 7.35. The predicted octanol–water partition coefficient (Wildman–Crippen LogP) is 3.06. The smallest absolute Gasteiger partial charge is 0.268 e. The Morgan fingerprint density at radius 2 is 2.16 bits per heavy atom. The van der Waals surface area contributed by atoms with Crippen LogP contribution in [0.25, 0.3) is 22.0 Å². The Kier molecular flexibility index (Phi) is 6.48. The minimum Gasteiger partial charge on any atom is -0.479 e. The van der Waals surface area contributed by atoms with Gasteiger partial charge in [0.1, 0.15) is 17.3 Å². The van der Waals surface area contributed by atoms with Crippen LogP contribution >= 0.6 is 11.3 Å². The van der Waals surface area contributed by atoms with E-state index < -0.39 is 6.10 Å². The highest BCUT2D eigenvalue weighted by Gasteiger charge is 2.33. The first kappa shape index (κ1) is 21.9. The molecular formula is C23H24N4O4S. The Balaban J connectivity index is 1.65. The maximum atomic E-state index is 12.8. The predicted molar refractivity (Wildman–Crippen MR) is 123 cm³/mol. The van der Waals surface area contributed by atoms with Crippen LogP contribution in [0.1, 0.15) is 11.8 Å². The number of ether oxygens (including phenoxy) is 2. The van der Waals surface area contributed by atoms with Gasteiger partial charge in [0.15, 0.2) is 6.10 Å². The Morgan fingerprint density at radius 3 is 2.91 bits per heavy atom. The van der Waals surface area contributed by atoms with Gasteiger partial charge in [-0.05, 0) is 44.2 Å². The molecule has 0 saturated heterocycles. The van der Waals surface area contributed by atoms with E-state index in [2.05, 4.69) is 10.3 Å². The number of benzene rings is 1. The summed E-state index contributed by atoms with van der Waals surface area (Å²) in [4.78, 5) is 36.9. The van der Waals surface area contributed by atoms with Crippen LogP contribution in [-0.2, 0) is 14.3 Å². The van der Waals surface area contributed by atoms with Crippen molar-refractivity contribution in [2.24, 2.45) is 0 Å². The van der Waals surface area contributed by atoms with Gasteiger partial charge in [0.05, 0.1) is 23.7 Å². The van der Waals surface area contributed by atoms with Gasteiger partial charge >= 0.3 is 0 Å². The van der Waals surface area contributed by atoms with Crippen molar-refractivity contribution < 1.29 is 19.1 Å². The second-order valence-corrected chi connectivity index (χ2v) is 8.55. The highest BCUT2D eigenvalue weighted by atomic mass is 32.1. The zero-order chi connectivity index (χ0) is 22.7. The average Bonchev–Trinajstić information content (AvgIpc) is 3.19. The van der Waals surface area contributed by atoms with Gasteiger partial charge in [-0.2, -0.15) is 0 Å². The first-order chi connectivity index (χ1) is 15.5. The van der Waals surface area contributed by atoms with Gasteiger partial charge in [-0.3, -0.25) is 19.5 Å². The molecule has 0 radical (unpaired) electrons. The van der Waals surface area contributed by atoms with E-state index in [4.69, 9.17) is 14.5 Å². The second kappa shape index (κ2) is 9.46. The molecular weight excluding hydrogens is 428 g/mol. The largest absolute Gasteiger partial charge is 0.479 e. The number of hydrogen-bond donors (Lipinski definition) is 1. The number of aromatic nitrogens is 2. The number of aryl methyl sites for hydroxylation is 1. The third kappa shape index (κ3) is 4.49. The molecule has 3 aromatic rings. The van der Waals surface area contributed by atoms with Crippen LogP contribution in [0.4, 0.5) is 5.69 Å². The molecule has 1 aromatic carbocycles. The molecule has 32 heavy (non-hydrogen) atoms. The molecule has 1 atom stereocenters. The lowest BCUT2D eigenvalue weighted by Crippen LogP contribution is -2.49. The lowest BCUT2D eigenvalue weighted by Gasteiger charge is -2.32.